The highest BCUT2D eigenvalue weighted by Gasteiger charge is 2.23. The van der Waals surface area contributed by atoms with Crippen molar-refractivity contribution in [3.8, 4) is 0 Å². The molecule has 0 bridgehead atoms. The fourth-order valence-electron chi connectivity index (χ4n) is 4.35. The molecule has 2 nitrogen and oxygen atoms in total. The molecule has 1 fully saturated rings. The molecule has 148 valence electrons. The average molecular weight is 391 g/mol. The van der Waals surface area contributed by atoms with Crippen LogP contribution >= 0.6 is 0 Å². The van der Waals surface area contributed by atoms with Gasteiger partial charge in [0, 0.05) is 30.8 Å². The summed E-state index contributed by atoms with van der Waals surface area (Å²) in [5, 5.41) is 2.62. The summed E-state index contributed by atoms with van der Waals surface area (Å²) in [7, 11) is 0. The van der Waals surface area contributed by atoms with Crippen LogP contribution in [0.5, 0.6) is 0 Å². The van der Waals surface area contributed by atoms with Gasteiger partial charge in [0.25, 0.3) is 0 Å². The Morgan fingerprint density at radius 2 is 1.37 bits per heavy atom. The Kier molecular flexibility index (Phi) is 5.41. The molecular formula is C28H26N2. The van der Waals surface area contributed by atoms with E-state index in [1.807, 2.05) is 0 Å². The lowest BCUT2D eigenvalue weighted by Crippen LogP contribution is -2.21. The molecule has 0 unspecified atom stereocenters. The standard InChI is InChI=1S/C28H26N2/c1-3-10-24(11-4-1)28(25-12-5-2-6-13-25)29-27-17-18-30(21-27)20-22-15-16-23-9-7-8-14-26(23)19-22/h1-16,19,27H,17-18,20-21H2/t27-/m0/s1. The predicted molar refractivity (Wildman–Crippen MR) is 126 cm³/mol. The van der Waals surface area contributed by atoms with Crippen LogP contribution in [0.3, 0.4) is 0 Å². The van der Waals surface area contributed by atoms with Crippen LogP contribution in [0.4, 0.5) is 0 Å². The summed E-state index contributed by atoms with van der Waals surface area (Å²) < 4.78 is 0. The first-order chi connectivity index (χ1) is 14.8. The van der Waals surface area contributed by atoms with Gasteiger partial charge in [0.05, 0.1) is 11.8 Å². The Morgan fingerprint density at radius 1 is 0.733 bits per heavy atom. The number of likely N-dealkylation sites (tertiary alicyclic amines) is 1. The van der Waals surface area contributed by atoms with Crippen LogP contribution in [0.2, 0.25) is 0 Å². The molecule has 1 atom stereocenters. The molecule has 0 aliphatic carbocycles. The Hall–Kier alpha value is -3.23. The van der Waals surface area contributed by atoms with Crippen molar-refractivity contribution in [2.75, 3.05) is 13.1 Å². The molecule has 0 aromatic heterocycles. The highest BCUT2D eigenvalue weighted by Crippen LogP contribution is 2.21. The Balaban J connectivity index is 1.35. The van der Waals surface area contributed by atoms with Gasteiger partial charge in [-0.3, -0.25) is 9.89 Å². The molecule has 1 aliphatic heterocycles. The summed E-state index contributed by atoms with van der Waals surface area (Å²) >= 11 is 0. The number of fused-ring (bicyclic) bond motifs is 1. The maximum atomic E-state index is 5.23. The van der Waals surface area contributed by atoms with Crippen molar-refractivity contribution in [3.05, 3.63) is 120 Å². The Morgan fingerprint density at radius 3 is 2.07 bits per heavy atom. The van der Waals surface area contributed by atoms with E-state index in [9.17, 15) is 0 Å². The summed E-state index contributed by atoms with van der Waals surface area (Å²) in [6.45, 7) is 3.09. The molecule has 0 N–H and O–H groups in total. The van der Waals surface area contributed by atoms with Crippen LogP contribution < -0.4 is 0 Å². The zero-order chi connectivity index (χ0) is 20.2. The highest BCUT2D eigenvalue weighted by molar-refractivity contribution is 6.13. The minimum absolute atomic E-state index is 0.334. The van der Waals surface area contributed by atoms with Crippen molar-refractivity contribution in [1.29, 1.82) is 0 Å². The molecule has 0 amide bonds. The molecule has 4 aromatic carbocycles. The first-order valence-corrected chi connectivity index (χ1v) is 10.7. The maximum Gasteiger partial charge on any atom is 0.0722 e. The van der Waals surface area contributed by atoms with E-state index in [0.717, 1.165) is 31.8 Å². The molecule has 1 saturated heterocycles. The fraction of sp³-hybridized carbons (Fsp3) is 0.179. The largest absolute Gasteiger partial charge is 0.297 e. The maximum absolute atomic E-state index is 5.23. The Bertz CT molecular complexity index is 1110. The van der Waals surface area contributed by atoms with Gasteiger partial charge in [-0.1, -0.05) is 97.1 Å². The van der Waals surface area contributed by atoms with Crippen molar-refractivity contribution in [3.63, 3.8) is 0 Å². The third-order valence-electron chi connectivity index (χ3n) is 5.87. The average Bonchev–Trinajstić information content (AvgIpc) is 3.25. The molecular weight excluding hydrogens is 364 g/mol. The smallest absolute Gasteiger partial charge is 0.0722 e. The van der Waals surface area contributed by atoms with E-state index >= 15 is 0 Å². The van der Waals surface area contributed by atoms with E-state index in [-0.39, 0.29) is 0 Å². The topological polar surface area (TPSA) is 15.6 Å². The van der Waals surface area contributed by atoms with Gasteiger partial charge in [-0.2, -0.15) is 0 Å². The van der Waals surface area contributed by atoms with E-state index in [2.05, 4.69) is 108 Å². The van der Waals surface area contributed by atoms with E-state index in [0.29, 0.717) is 6.04 Å². The number of hydrogen-bond acceptors (Lipinski definition) is 2. The molecule has 0 saturated carbocycles. The first-order valence-electron chi connectivity index (χ1n) is 10.7. The second-order valence-corrected chi connectivity index (χ2v) is 8.07. The highest BCUT2D eigenvalue weighted by atomic mass is 15.2. The van der Waals surface area contributed by atoms with Gasteiger partial charge in [-0.25, -0.2) is 0 Å². The van der Waals surface area contributed by atoms with Crippen molar-refractivity contribution in [1.82, 2.24) is 4.90 Å². The lowest BCUT2D eigenvalue weighted by atomic mass is 10.0. The van der Waals surface area contributed by atoms with Crippen LogP contribution in [0.25, 0.3) is 10.8 Å². The van der Waals surface area contributed by atoms with Gasteiger partial charge in [0.2, 0.25) is 0 Å². The summed E-state index contributed by atoms with van der Waals surface area (Å²) in [6, 6.07) is 36.9. The summed E-state index contributed by atoms with van der Waals surface area (Å²) in [4.78, 5) is 7.77. The summed E-state index contributed by atoms with van der Waals surface area (Å²) in [6.07, 6.45) is 1.11. The lowest BCUT2D eigenvalue weighted by Gasteiger charge is -2.16. The summed E-state index contributed by atoms with van der Waals surface area (Å²) in [5.41, 5.74) is 4.87. The SMILES string of the molecule is c1ccc(C(=N[C@H]2CCN(Cc3ccc4ccccc4c3)C2)c2ccccc2)cc1. The minimum Gasteiger partial charge on any atom is -0.297 e. The van der Waals surface area contributed by atoms with Crippen LogP contribution in [0, 0.1) is 0 Å². The second kappa shape index (κ2) is 8.64. The minimum atomic E-state index is 0.334. The number of nitrogens with zero attached hydrogens (tertiary/aromatic N) is 2. The van der Waals surface area contributed by atoms with Crippen molar-refractivity contribution < 1.29 is 0 Å². The van der Waals surface area contributed by atoms with Gasteiger partial charge in [0.1, 0.15) is 0 Å². The van der Waals surface area contributed by atoms with Crippen LogP contribution in [-0.4, -0.2) is 29.7 Å². The molecule has 30 heavy (non-hydrogen) atoms. The predicted octanol–water partition coefficient (Wildman–Crippen LogP) is 5.95. The third kappa shape index (κ3) is 4.19. The molecule has 5 rings (SSSR count). The number of rotatable bonds is 5. The number of aliphatic imine (C=N–C) groups is 1. The monoisotopic (exact) mass is 390 g/mol. The first kappa shape index (κ1) is 18.8. The van der Waals surface area contributed by atoms with Crippen molar-refractivity contribution >= 4 is 16.5 Å². The number of hydrogen-bond donors (Lipinski definition) is 0. The van der Waals surface area contributed by atoms with Crippen molar-refractivity contribution in [2.24, 2.45) is 4.99 Å². The molecule has 0 radical (unpaired) electrons. The third-order valence-corrected chi connectivity index (χ3v) is 5.87. The summed E-state index contributed by atoms with van der Waals surface area (Å²) in [5.74, 6) is 0. The zero-order valence-corrected chi connectivity index (χ0v) is 17.1. The van der Waals surface area contributed by atoms with Gasteiger partial charge in [-0.15, -0.1) is 0 Å². The van der Waals surface area contributed by atoms with Gasteiger partial charge < -0.3 is 0 Å². The van der Waals surface area contributed by atoms with Crippen molar-refractivity contribution in [2.45, 2.75) is 19.0 Å². The van der Waals surface area contributed by atoms with E-state index in [1.54, 1.807) is 0 Å². The molecule has 1 aliphatic rings. The van der Waals surface area contributed by atoms with Gasteiger partial charge >= 0.3 is 0 Å². The molecule has 2 heteroatoms. The molecule has 4 aromatic rings. The van der Waals surface area contributed by atoms with Gasteiger partial charge in [0.15, 0.2) is 0 Å². The van der Waals surface area contributed by atoms with Gasteiger partial charge in [-0.05, 0) is 28.8 Å². The quantitative estimate of drug-likeness (QED) is 0.384. The fourth-order valence-corrected chi connectivity index (χ4v) is 4.35. The second-order valence-electron chi connectivity index (χ2n) is 8.07. The van der Waals surface area contributed by atoms with Crippen LogP contribution in [-0.2, 0) is 6.54 Å². The number of benzene rings is 4. The normalized spacial score (nSPS) is 16.6. The van der Waals surface area contributed by atoms with E-state index in [1.165, 1.54) is 27.5 Å². The van der Waals surface area contributed by atoms with Crippen LogP contribution in [0.15, 0.2) is 108 Å². The molecule has 1 heterocycles. The zero-order valence-electron chi connectivity index (χ0n) is 17.1. The molecule has 0 spiro atoms. The van der Waals surface area contributed by atoms with E-state index < -0.39 is 0 Å². The van der Waals surface area contributed by atoms with Crippen LogP contribution in [0.1, 0.15) is 23.1 Å². The Labute approximate surface area is 178 Å². The lowest BCUT2D eigenvalue weighted by molar-refractivity contribution is 0.327. The van der Waals surface area contributed by atoms with E-state index in [4.69, 9.17) is 4.99 Å².